The van der Waals surface area contributed by atoms with E-state index >= 15 is 0 Å². The lowest BCUT2D eigenvalue weighted by atomic mass is 10.1. The van der Waals surface area contributed by atoms with Gasteiger partial charge in [0, 0.05) is 23.8 Å². The van der Waals surface area contributed by atoms with E-state index in [4.69, 9.17) is 0 Å². The number of benzene rings is 1. The van der Waals surface area contributed by atoms with E-state index in [1.54, 1.807) is 6.92 Å². The van der Waals surface area contributed by atoms with Gasteiger partial charge >= 0.3 is 0 Å². The molecule has 2 unspecified atom stereocenters. The number of aliphatic hydroxyl groups is 1. The van der Waals surface area contributed by atoms with E-state index in [2.05, 4.69) is 4.90 Å². The fourth-order valence-corrected chi connectivity index (χ4v) is 4.02. The van der Waals surface area contributed by atoms with Crippen LogP contribution in [0.15, 0.2) is 24.3 Å². The van der Waals surface area contributed by atoms with Gasteiger partial charge in [0.1, 0.15) is 0 Å². The largest absolute Gasteiger partial charge is 0.389 e. The van der Waals surface area contributed by atoms with Crippen LogP contribution in [0.2, 0.25) is 0 Å². The summed E-state index contributed by atoms with van der Waals surface area (Å²) in [5.41, 5.74) is 1.79. The Kier molecular flexibility index (Phi) is 3.64. The first-order valence-electron chi connectivity index (χ1n) is 6.15. The normalized spacial score (nSPS) is 24.8. The van der Waals surface area contributed by atoms with Gasteiger partial charge in [0.25, 0.3) is 0 Å². The summed E-state index contributed by atoms with van der Waals surface area (Å²) in [4.78, 5) is 2.07. The highest BCUT2D eigenvalue weighted by Crippen LogP contribution is 2.29. The molecule has 0 amide bonds. The summed E-state index contributed by atoms with van der Waals surface area (Å²) in [7, 11) is -2.91. The second kappa shape index (κ2) is 4.90. The van der Waals surface area contributed by atoms with Crippen molar-refractivity contribution < 1.29 is 13.5 Å². The van der Waals surface area contributed by atoms with Crippen LogP contribution >= 0.6 is 0 Å². The van der Waals surface area contributed by atoms with Gasteiger partial charge < -0.3 is 10.0 Å². The van der Waals surface area contributed by atoms with Crippen LogP contribution in [0, 0.1) is 0 Å². The summed E-state index contributed by atoms with van der Waals surface area (Å²) < 4.78 is 23.2. The quantitative estimate of drug-likeness (QED) is 0.881. The Hall–Kier alpha value is -1.07. The van der Waals surface area contributed by atoms with Gasteiger partial charge in [0.2, 0.25) is 0 Å². The summed E-state index contributed by atoms with van der Waals surface area (Å²) in [5, 5.41) is 9.78. The lowest BCUT2D eigenvalue weighted by molar-refractivity contribution is 0.199. The van der Waals surface area contributed by atoms with E-state index in [9.17, 15) is 13.5 Å². The Morgan fingerprint density at radius 1 is 1.39 bits per heavy atom. The zero-order valence-electron chi connectivity index (χ0n) is 10.7. The number of hydrogen-bond donors (Lipinski definition) is 1. The fraction of sp³-hybridized carbons (Fsp3) is 0.538. The zero-order valence-corrected chi connectivity index (χ0v) is 11.5. The van der Waals surface area contributed by atoms with E-state index in [1.165, 1.54) is 0 Å². The van der Waals surface area contributed by atoms with Crippen molar-refractivity contribution in [2.24, 2.45) is 0 Å². The molecule has 1 saturated heterocycles. The molecule has 0 aromatic heterocycles. The lowest BCUT2D eigenvalue weighted by Crippen LogP contribution is -2.47. The van der Waals surface area contributed by atoms with Crippen molar-refractivity contribution in [3.63, 3.8) is 0 Å². The molecule has 1 aromatic carbocycles. The predicted octanol–water partition coefficient (Wildman–Crippen LogP) is 1.36. The first-order valence-corrected chi connectivity index (χ1v) is 7.97. The molecule has 0 spiro atoms. The first kappa shape index (κ1) is 13.4. The number of rotatable bonds is 2. The lowest BCUT2D eigenvalue weighted by Gasteiger charge is -2.36. The van der Waals surface area contributed by atoms with Crippen LogP contribution in [0.25, 0.3) is 0 Å². The molecule has 1 aliphatic heterocycles. The number of hydrogen-bond acceptors (Lipinski definition) is 4. The van der Waals surface area contributed by atoms with Crippen molar-refractivity contribution >= 4 is 15.5 Å². The minimum absolute atomic E-state index is 0.0522. The molecule has 1 aliphatic rings. The number of para-hydroxylation sites is 1. The fourth-order valence-electron chi connectivity index (χ4n) is 2.46. The van der Waals surface area contributed by atoms with E-state index in [-0.39, 0.29) is 17.5 Å². The maximum atomic E-state index is 11.6. The molecule has 4 nitrogen and oxygen atoms in total. The molecule has 0 radical (unpaired) electrons. The van der Waals surface area contributed by atoms with Crippen molar-refractivity contribution in [2.45, 2.75) is 26.0 Å². The Labute approximate surface area is 108 Å². The highest BCUT2D eigenvalue weighted by atomic mass is 32.2. The first-order chi connectivity index (χ1) is 8.41. The third-order valence-electron chi connectivity index (χ3n) is 3.37. The standard InChI is InChI=1S/C13H19NO3S/c1-10-9-18(16,17)8-7-14(10)13-6-4-3-5-12(13)11(2)15/h3-6,10-11,15H,7-9H2,1-2H3. The number of aliphatic hydroxyl groups excluding tert-OH is 1. The molecular weight excluding hydrogens is 250 g/mol. The Balaban J connectivity index is 2.33. The molecule has 0 aliphatic carbocycles. The zero-order chi connectivity index (χ0) is 13.3. The second-order valence-electron chi connectivity index (χ2n) is 4.89. The average Bonchev–Trinajstić information content (AvgIpc) is 2.28. The monoisotopic (exact) mass is 269 g/mol. The summed E-state index contributed by atoms with van der Waals surface area (Å²) in [6.07, 6.45) is -0.549. The third kappa shape index (κ3) is 2.67. The number of sulfone groups is 1. The molecule has 0 bridgehead atoms. The van der Waals surface area contributed by atoms with Gasteiger partial charge in [-0.15, -0.1) is 0 Å². The van der Waals surface area contributed by atoms with Gasteiger partial charge in [-0.1, -0.05) is 18.2 Å². The van der Waals surface area contributed by atoms with Crippen LogP contribution in [-0.4, -0.2) is 37.6 Å². The topological polar surface area (TPSA) is 57.6 Å². The van der Waals surface area contributed by atoms with Crippen molar-refractivity contribution in [1.82, 2.24) is 0 Å². The Morgan fingerprint density at radius 3 is 2.67 bits per heavy atom. The summed E-state index contributed by atoms with van der Waals surface area (Å²) in [6.45, 7) is 4.13. The van der Waals surface area contributed by atoms with E-state index in [0.717, 1.165) is 11.3 Å². The molecule has 1 N–H and O–H groups in total. The van der Waals surface area contributed by atoms with Crippen LogP contribution in [0.5, 0.6) is 0 Å². The molecule has 18 heavy (non-hydrogen) atoms. The number of nitrogens with zero attached hydrogens (tertiary/aromatic N) is 1. The molecule has 5 heteroatoms. The Bertz CT molecular complexity index is 525. The molecule has 100 valence electrons. The van der Waals surface area contributed by atoms with Crippen LogP contribution in [-0.2, 0) is 9.84 Å². The third-order valence-corrected chi connectivity index (χ3v) is 5.16. The molecule has 0 saturated carbocycles. The molecule has 2 atom stereocenters. The minimum Gasteiger partial charge on any atom is -0.389 e. The van der Waals surface area contributed by atoms with E-state index in [1.807, 2.05) is 31.2 Å². The van der Waals surface area contributed by atoms with Crippen LogP contribution in [0.4, 0.5) is 5.69 Å². The summed E-state index contributed by atoms with van der Waals surface area (Å²) in [6, 6.07) is 7.57. The molecule has 1 heterocycles. The van der Waals surface area contributed by atoms with Crippen LogP contribution in [0.3, 0.4) is 0 Å². The van der Waals surface area contributed by atoms with Gasteiger partial charge in [0.05, 0.1) is 17.6 Å². The second-order valence-corrected chi connectivity index (χ2v) is 7.12. The summed E-state index contributed by atoms with van der Waals surface area (Å²) in [5.74, 6) is 0.368. The maximum absolute atomic E-state index is 11.6. The molecular formula is C13H19NO3S. The number of anilines is 1. The van der Waals surface area contributed by atoms with Crippen molar-refractivity contribution in [3.8, 4) is 0 Å². The van der Waals surface area contributed by atoms with Gasteiger partial charge in [-0.05, 0) is 19.9 Å². The van der Waals surface area contributed by atoms with Gasteiger partial charge in [0.15, 0.2) is 9.84 Å². The van der Waals surface area contributed by atoms with Crippen molar-refractivity contribution in [1.29, 1.82) is 0 Å². The van der Waals surface area contributed by atoms with Crippen molar-refractivity contribution in [2.75, 3.05) is 23.0 Å². The van der Waals surface area contributed by atoms with Crippen molar-refractivity contribution in [3.05, 3.63) is 29.8 Å². The molecule has 1 aromatic rings. The highest BCUT2D eigenvalue weighted by molar-refractivity contribution is 7.91. The van der Waals surface area contributed by atoms with Gasteiger partial charge in [-0.3, -0.25) is 0 Å². The smallest absolute Gasteiger partial charge is 0.154 e. The predicted molar refractivity (Wildman–Crippen MR) is 72.5 cm³/mol. The minimum atomic E-state index is -2.91. The average molecular weight is 269 g/mol. The Morgan fingerprint density at radius 2 is 2.06 bits per heavy atom. The highest BCUT2D eigenvalue weighted by Gasteiger charge is 2.29. The maximum Gasteiger partial charge on any atom is 0.154 e. The molecule has 2 rings (SSSR count). The SMILES string of the molecule is CC(O)c1ccccc1N1CCS(=O)(=O)CC1C. The van der Waals surface area contributed by atoms with Crippen LogP contribution in [0.1, 0.15) is 25.5 Å². The van der Waals surface area contributed by atoms with Crippen LogP contribution < -0.4 is 4.90 Å². The van der Waals surface area contributed by atoms with E-state index in [0.29, 0.717) is 6.54 Å². The summed E-state index contributed by atoms with van der Waals surface area (Å²) >= 11 is 0. The van der Waals surface area contributed by atoms with Gasteiger partial charge in [-0.2, -0.15) is 0 Å². The van der Waals surface area contributed by atoms with E-state index < -0.39 is 15.9 Å². The van der Waals surface area contributed by atoms with Gasteiger partial charge in [-0.25, -0.2) is 8.42 Å². The molecule has 1 fully saturated rings.